The van der Waals surface area contributed by atoms with E-state index in [9.17, 15) is 9.90 Å². The molecule has 1 aromatic heterocycles. The Morgan fingerprint density at radius 1 is 1.15 bits per heavy atom. The monoisotopic (exact) mass is 643 g/mol. The fourth-order valence-electron chi connectivity index (χ4n) is 7.21. The third-order valence-corrected chi connectivity index (χ3v) is 10.1. The van der Waals surface area contributed by atoms with E-state index in [2.05, 4.69) is 14.4 Å². The number of anilines is 1. The smallest absolute Gasteiger partial charge is 0.335 e. The summed E-state index contributed by atoms with van der Waals surface area (Å²) in [5.74, 6) is -0.991. The van der Waals surface area contributed by atoms with E-state index in [0.717, 1.165) is 50.5 Å². The van der Waals surface area contributed by atoms with Gasteiger partial charge in [0.2, 0.25) is 0 Å². The second kappa shape index (κ2) is 10.9. The number of para-hydroxylation sites is 1. The summed E-state index contributed by atoms with van der Waals surface area (Å²) in [5.41, 5.74) is 2.81. The molecular weight excluding hydrogens is 613 g/mol. The number of hydrogen-bond acceptors (Lipinski definition) is 8. The van der Waals surface area contributed by atoms with Gasteiger partial charge in [0.05, 0.1) is 58.2 Å². The van der Waals surface area contributed by atoms with Crippen LogP contribution in [0.4, 0.5) is 10.1 Å². The number of imidazole rings is 1. The highest BCUT2D eigenvalue weighted by atomic mass is 35.5. The molecule has 3 aliphatic heterocycles. The van der Waals surface area contributed by atoms with Crippen molar-refractivity contribution in [2.24, 2.45) is 0 Å². The number of ether oxygens (including phenoxy) is 3. The summed E-state index contributed by atoms with van der Waals surface area (Å²) in [7, 11) is 0. The first-order valence-electron chi connectivity index (χ1n) is 15.5. The molecule has 0 unspecified atom stereocenters. The van der Waals surface area contributed by atoms with E-state index in [1.807, 2.05) is 24.3 Å². The Balaban J connectivity index is 1.06. The molecule has 46 heavy (non-hydrogen) atoms. The average Bonchev–Trinajstić information content (AvgIpc) is 3.52. The van der Waals surface area contributed by atoms with Gasteiger partial charge in [-0.15, -0.1) is 0 Å². The van der Waals surface area contributed by atoms with Gasteiger partial charge in [-0.1, -0.05) is 17.7 Å². The molecule has 4 aliphatic rings. The maximum atomic E-state index is 15.0. The molecule has 236 valence electrons. The number of rotatable bonds is 7. The van der Waals surface area contributed by atoms with Crippen LogP contribution >= 0.6 is 11.6 Å². The van der Waals surface area contributed by atoms with Crippen LogP contribution < -0.4 is 14.4 Å². The van der Waals surface area contributed by atoms with Crippen LogP contribution in [0.15, 0.2) is 48.5 Å². The lowest BCUT2D eigenvalue weighted by molar-refractivity contribution is -0.0706. The van der Waals surface area contributed by atoms with Crippen LogP contribution in [0.3, 0.4) is 0 Å². The molecule has 0 amide bonds. The summed E-state index contributed by atoms with van der Waals surface area (Å²) in [6.45, 7) is 5.10. The Morgan fingerprint density at radius 2 is 1.98 bits per heavy atom. The van der Waals surface area contributed by atoms with Crippen molar-refractivity contribution in [2.45, 2.75) is 63.3 Å². The number of carboxylic acid groups (broad SMARTS) is 1. The summed E-state index contributed by atoms with van der Waals surface area (Å²) >= 11 is 6.55. The number of carbonyl (C=O) groups is 1. The van der Waals surface area contributed by atoms with Gasteiger partial charge in [0.1, 0.15) is 17.2 Å². The number of fused-ring (bicyclic) bond motifs is 3. The first kappa shape index (κ1) is 29.1. The van der Waals surface area contributed by atoms with Crippen LogP contribution in [0.25, 0.3) is 11.0 Å². The van der Waals surface area contributed by atoms with Crippen LogP contribution in [0.1, 0.15) is 53.5 Å². The first-order chi connectivity index (χ1) is 22.2. The number of hydrogen-bond donors (Lipinski definition) is 1. The summed E-state index contributed by atoms with van der Waals surface area (Å²) in [6.07, 6.45) is 3.03. The van der Waals surface area contributed by atoms with Crippen LogP contribution in [0, 0.1) is 17.1 Å². The number of halogens is 2. The third-order valence-electron chi connectivity index (χ3n) is 9.81. The Labute approximate surface area is 269 Å². The maximum absolute atomic E-state index is 15.0. The van der Waals surface area contributed by atoms with Gasteiger partial charge < -0.3 is 28.8 Å². The zero-order valence-corrected chi connectivity index (χ0v) is 25.8. The molecule has 1 N–H and O–H groups in total. The highest BCUT2D eigenvalue weighted by Gasteiger charge is 2.47. The Bertz CT molecular complexity index is 1940. The van der Waals surface area contributed by atoms with Crippen molar-refractivity contribution in [1.82, 2.24) is 14.5 Å². The molecule has 4 heterocycles. The SMILES string of the molecule is C[C@]1(c2ccc(C#N)cc2F)Oc2cccc(N3CCN(Cc4nc5c(Cl)cc(C(=O)O)cc5n4C[C@@H]4CCO4)[C@@H]4CC[C@@H]43)c2O1. The second-order valence-corrected chi connectivity index (χ2v) is 12.9. The van der Waals surface area contributed by atoms with Gasteiger partial charge in [-0.25, -0.2) is 14.2 Å². The van der Waals surface area contributed by atoms with E-state index in [1.165, 1.54) is 12.1 Å². The van der Waals surface area contributed by atoms with E-state index < -0.39 is 17.6 Å². The Kier molecular flexibility index (Phi) is 6.86. The van der Waals surface area contributed by atoms with Crippen LogP contribution in [-0.2, 0) is 23.6 Å². The average molecular weight is 644 g/mol. The molecule has 2 saturated heterocycles. The highest BCUT2D eigenvalue weighted by molar-refractivity contribution is 6.35. The summed E-state index contributed by atoms with van der Waals surface area (Å²) in [4.78, 5) is 21.6. The standard InChI is InChI=1S/C34H31ClFN5O5/c1-34(22-6-5-19(16-37)13-24(22)36)45-29-4-2-3-27(32(29)46-34)40-11-10-39(25-7-8-26(25)40)18-30-38-31-23(35)14-20(33(42)43)15-28(31)41(30)17-21-9-12-44-21/h2-6,13-15,21,25-26H,7-12,17-18H2,1H3,(H,42,43)/t21-,25+,26-,34-/m0/s1. The number of carboxylic acids is 1. The number of benzene rings is 3. The molecule has 12 heteroatoms. The minimum absolute atomic E-state index is 0.0579. The van der Waals surface area contributed by atoms with Gasteiger partial charge in [-0.2, -0.15) is 5.26 Å². The zero-order chi connectivity index (χ0) is 31.7. The van der Waals surface area contributed by atoms with Gasteiger partial charge in [0, 0.05) is 38.7 Å². The number of aromatic nitrogens is 2. The molecule has 4 atom stereocenters. The van der Waals surface area contributed by atoms with Gasteiger partial charge in [0.25, 0.3) is 5.79 Å². The van der Waals surface area contributed by atoms with E-state index in [-0.39, 0.29) is 34.9 Å². The summed E-state index contributed by atoms with van der Waals surface area (Å²) < 4.78 is 35.5. The zero-order valence-electron chi connectivity index (χ0n) is 25.1. The highest BCUT2D eigenvalue weighted by Crippen LogP contribution is 2.51. The number of aromatic carboxylic acids is 1. The van der Waals surface area contributed by atoms with Gasteiger partial charge in [-0.05, 0) is 61.7 Å². The first-order valence-corrected chi connectivity index (χ1v) is 15.9. The molecule has 4 aromatic rings. The third kappa shape index (κ3) is 4.66. The fourth-order valence-corrected chi connectivity index (χ4v) is 7.47. The second-order valence-electron chi connectivity index (χ2n) is 12.5. The van der Waals surface area contributed by atoms with E-state index in [4.69, 9.17) is 36.1 Å². The van der Waals surface area contributed by atoms with Crippen LogP contribution in [-0.4, -0.2) is 63.4 Å². The topological polar surface area (TPSA) is 113 Å². The Hall–Kier alpha value is -4.37. The minimum atomic E-state index is -1.37. The molecule has 1 aliphatic carbocycles. The number of nitriles is 1. The van der Waals surface area contributed by atoms with Gasteiger partial charge >= 0.3 is 5.97 Å². The normalized spacial score (nSPS) is 25.1. The molecule has 0 radical (unpaired) electrons. The lowest BCUT2D eigenvalue weighted by Gasteiger charge is -2.54. The van der Waals surface area contributed by atoms with E-state index in [0.29, 0.717) is 40.6 Å². The summed E-state index contributed by atoms with van der Waals surface area (Å²) in [6, 6.07) is 15.7. The van der Waals surface area contributed by atoms with Crippen molar-refractivity contribution >= 4 is 34.3 Å². The molecule has 3 fully saturated rings. The predicted octanol–water partition coefficient (Wildman–Crippen LogP) is 5.68. The van der Waals surface area contributed by atoms with Crippen molar-refractivity contribution in [1.29, 1.82) is 5.26 Å². The lowest BCUT2D eigenvalue weighted by atomic mass is 9.81. The molecule has 8 rings (SSSR count). The van der Waals surface area contributed by atoms with E-state index in [1.54, 1.807) is 25.1 Å². The van der Waals surface area contributed by atoms with Crippen molar-refractivity contribution in [3.63, 3.8) is 0 Å². The van der Waals surface area contributed by atoms with Crippen LogP contribution in [0.2, 0.25) is 5.02 Å². The van der Waals surface area contributed by atoms with Crippen molar-refractivity contribution in [3.8, 4) is 17.6 Å². The molecular formula is C34H31ClFN5O5. The molecule has 3 aromatic carbocycles. The minimum Gasteiger partial charge on any atom is -0.478 e. The molecule has 10 nitrogen and oxygen atoms in total. The molecule has 1 saturated carbocycles. The summed E-state index contributed by atoms with van der Waals surface area (Å²) in [5, 5.41) is 19.2. The lowest BCUT2D eigenvalue weighted by Crippen LogP contribution is -2.64. The van der Waals surface area contributed by atoms with Crippen LogP contribution in [0.5, 0.6) is 11.5 Å². The predicted molar refractivity (Wildman–Crippen MR) is 167 cm³/mol. The maximum Gasteiger partial charge on any atom is 0.335 e. The van der Waals surface area contributed by atoms with Crippen molar-refractivity contribution in [2.75, 3.05) is 24.6 Å². The van der Waals surface area contributed by atoms with E-state index >= 15 is 4.39 Å². The number of piperazine rings is 1. The fraction of sp³-hybridized carbons (Fsp3) is 0.382. The van der Waals surface area contributed by atoms with Gasteiger partial charge in [-0.3, -0.25) is 4.90 Å². The largest absolute Gasteiger partial charge is 0.478 e. The van der Waals surface area contributed by atoms with Gasteiger partial charge in [0.15, 0.2) is 11.5 Å². The number of nitrogens with zero attached hydrogens (tertiary/aromatic N) is 5. The quantitative estimate of drug-likeness (QED) is 0.272. The molecule has 0 spiro atoms. The van der Waals surface area contributed by atoms with Crippen molar-refractivity contribution in [3.05, 3.63) is 81.9 Å². The molecule has 0 bridgehead atoms. The van der Waals surface area contributed by atoms with Crippen molar-refractivity contribution < 1.29 is 28.5 Å². The Morgan fingerprint density at radius 3 is 2.67 bits per heavy atom.